The van der Waals surface area contributed by atoms with Gasteiger partial charge in [-0.15, -0.1) is 0 Å². The van der Waals surface area contributed by atoms with Crippen LogP contribution in [0.25, 0.3) is 0 Å². The summed E-state index contributed by atoms with van der Waals surface area (Å²) in [6, 6.07) is 0. The van der Waals surface area contributed by atoms with Gasteiger partial charge in [0.2, 0.25) is 0 Å². The summed E-state index contributed by atoms with van der Waals surface area (Å²) in [6.07, 6.45) is 17.3. The van der Waals surface area contributed by atoms with E-state index in [1.807, 2.05) is 18.2 Å². The Hall–Kier alpha value is -1.69. The van der Waals surface area contributed by atoms with Crippen LogP contribution < -0.4 is 0 Å². The van der Waals surface area contributed by atoms with Gasteiger partial charge in [-0.25, -0.2) is 0 Å². The Kier molecular flexibility index (Phi) is 13.3. The van der Waals surface area contributed by atoms with Crippen molar-refractivity contribution >= 4 is 5.97 Å². The van der Waals surface area contributed by atoms with Gasteiger partial charge in [-0.1, -0.05) is 62.6 Å². The molecule has 3 N–H and O–H groups in total. The average molecular weight is 407 g/mol. The number of ether oxygens (including phenoxy) is 1. The molecule has 5 heteroatoms. The van der Waals surface area contributed by atoms with E-state index in [0.717, 1.165) is 44.1 Å². The average Bonchev–Trinajstić information content (AvgIpc) is 2.72. The number of esters is 1. The maximum Gasteiger partial charge on any atom is 0.305 e. The first-order valence-electron chi connectivity index (χ1n) is 10.8. The molecule has 5 nitrogen and oxygen atoms in total. The lowest BCUT2D eigenvalue weighted by Gasteiger charge is -2.16. The molecule has 0 aliphatic heterocycles. The maximum atomic E-state index is 11.1. The number of aliphatic hydroxyl groups excluding tert-OH is 3. The number of aliphatic hydroxyl groups is 3. The van der Waals surface area contributed by atoms with Crippen molar-refractivity contribution in [3.05, 3.63) is 47.6 Å². The molecule has 1 aliphatic carbocycles. The van der Waals surface area contributed by atoms with E-state index in [4.69, 9.17) is 0 Å². The lowest BCUT2D eigenvalue weighted by molar-refractivity contribution is -0.140. The Morgan fingerprint density at radius 1 is 1.14 bits per heavy atom. The first kappa shape index (κ1) is 25.3. The Labute approximate surface area is 175 Å². The quantitative estimate of drug-likeness (QED) is 0.316. The summed E-state index contributed by atoms with van der Waals surface area (Å²) in [4.78, 5) is 11.1. The highest BCUT2D eigenvalue weighted by atomic mass is 16.5. The largest absolute Gasteiger partial charge is 0.469 e. The van der Waals surface area contributed by atoms with Crippen molar-refractivity contribution in [3.63, 3.8) is 0 Å². The van der Waals surface area contributed by atoms with E-state index < -0.39 is 18.3 Å². The Balaban J connectivity index is 2.49. The lowest BCUT2D eigenvalue weighted by atomic mass is 9.94. The van der Waals surface area contributed by atoms with Gasteiger partial charge in [-0.3, -0.25) is 4.79 Å². The van der Waals surface area contributed by atoms with Crippen molar-refractivity contribution < 1.29 is 24.9 Å². The van der Waals surface area contributed by atoms with Crippen molar-refractivity contribution in [3.8, 4) is 0 Å². The summed E-state index contributed by atoms with van der Waals surface area (Å²) >= 11 is 0. The van der Waals surface area contributed by atoms with Crippen LogP contribution in [-0.2, 0) is 9.53 Å². The fourth-order valence-corrected chi connectivity index (χ4v) is 3.23. The smallest absolute Gasteiger partial charge is 0.305 e. The summed E-state index contributed by atoms with van der Waals surface area (Å²) in [5, 5.41) is 30.0. The van der Waals surface area contributed by atoms with Crippen LogP contribution in [0.2, 0.25) is 0 Å². The van der Waals surface area contributed by atoms with Gasteiger partial charge in [-0.05, 0) is 49.7 Å². The van der Waals surface area contributed by atoms with Gasteiger partial charge >= 0.3 is 5.97 Å². The molecule has 29 heavy (non-hydrogen) atoms. The molecule has 0 aromatic carbocycles. The minimum Gasteiger partial charge on any atom is -0.469 e. The molecule has 0 unspecified atom stereocenters. The predicted molar refractivity (Wildman–Crippen MR) is 116 cm³/mol. The molecule has 1 aliphatic rings. The van der Waals surface area contributed by atoms with Gasteiger partial charge in [-0.2, -0.15) is 0 Å². The van der Waals surface area contributed by atoms with E-state index in [2.05, 4.69) is 17.7 Å². The lowest BCUT2D eigenvalue weighted by Crippen LogP contribution is -2.23. The second-order valence-corrected chi connectivity index (χ2v) is 7.65. The Bertz CT molecular complexity index is 588. The molecule has 3 atom stereocenters. The zero-order valence-electron chi connectivity index (χ0n) is 17.9. The van der Waals surface area contributed by atoms with Crippen molar-refractivity contribution in [1.29, 1.82) is 0 Å². The van der Waals surface area contributed by atoms with Crippen LogP contribution >= 0.6 is 0 Å². The maximum absolute atomic E-state index is 11.1. The van der Waals surface area contributed by atoms with Crippen LogP contribution in [0.5, 0.6) is 0 Å². The predicted octanol–water partition coefficient (Wildman–Crippen LogP) is 4.14. The van der Waals surface area contributed by atoms with E-state index in [-0.39, 0.29) is 5.97 Å². The summed E-state index contributed by atoms with van der Waals surface area (Å²) < 4.78 is 4.58. The Morgan fingerprint density at radius 2 is 1.93 bits per heavy atom. The van der Waals surface area contributed by atoms with Gasteiger partial charge in [0.15, 0.2) is 0 Å². The topological polar surface area (TPSA) is 87.0 Å². The molecule has 0 radical (unpaired) electrons. The number of hydrogen-bond donors (Lipinski definition) is 3. The summed E-state index contributed by atoms with van der Waals surface area (Å²) in [6.45, 7) is 2.12. The summed E-state index contributed by atoms with van der Waals surface area (Å²) in [5.41, 5.74) is 2.31. The molecule has 0 aromatic heterocycles. The molecule has 0 fully saturated rings. The van der Waals surface area contributed by atoms with Crippen molar-refractivity contribution in [1.82, 2.24) is 0 Å². The molecule has 0 heterocycles. The van der Waals surface area contributed by atoms with Crippen LogP contribution in [0, 0.1) is 0 Å². The van der Waals surface area contributed by atoms with Gasteiger partial charge in [0.05, 0.1) is 25.4 Å². The van der Waals surface area contributed by atoms with Gasteiger partial charge in [0, 0.05) is 6.42 Å². The monoisotopic (exact) mass is 406 g/mol. The molecule has 0 amide bonds. The number of rotatable bonds is 13. The van der Waals surface area contributed by atoms with E-state index in [1.165, 1.54) is 12.7 Å². The third kappa shape index (κ3) is 11.8. The highest BCUT2D eigenvalue weighted by Gasteiger charge is 2.13. The number of hydrogen-bond acceptors (Lipinski definition) is 5. The molecule has 0 saturated heterocycles. The van der Waals surface area contributed by atoms with Gasteiger partial charge < -0.3 is 20.1 Å². The van der Waals surface area contributed by atoms with E-state index in [9.17, 15) is 20.1 Å². The highest BCUT2D eigenvalue weighted by Crippen LogP contribution is 2.23. The number of unbranched alkanes of at least 4 members (excludes halogenated alkanes) is 2. The fourth-order valence-electron chi connectivity index (χ4n) is 3.23. The molecular formula is C24H38O5. The second-order valence-electron chi connectivity index (χ2n) is 7.65. The zero-order valence-corrected chi connectivity index (χ0v) is 17.9. The van der Waals surface area contributed by atoms with Gasteiger partial charge in [0.25, 0.3) is 0 Å². The number of methoxy groups -OCH3 is 1. The van der Waals surface area contributed by atoms with Crippen molar-refractivity contribution in [2.75, 3.05) is 7.11 Å². The minimum atomic E-state index is -0.831. The number of carbonyl (C=O) groups excluding carboxylic acids is 1. The molecular weight excluding hydrogens is 368 g/mol. The highest BCUT2D eigenvalue weighted by molar-refractivity contribution is 5.68. The summed E-state index contributed by atoms with van der Waals surface area (Å²) in [7, 11) is 1.36. The van der Waals surface area contributed by atoms with E-state index in [1.54, 1.807) is 12.2 Å². The summed E-state index contributed by atoms with van der Waals surface area (Å²) in [5.74, 6) is -0.255. The fraction of sp³-hybridized carbons (Fsp3) is 0.625. The number of allylic oxidation sites excluding steroid dienone is 6. The van der Waals surface area contributed by atoms with E-state index >= 15 is 0 Å². The SMILES string of the molecule is CCCCC[C@H](O)[C@H](O)/C=C/C1=CC(=C\C=C\[C@@H](O)CCCC(=O)OC)/CCC1. The third-order valence-electron chi connectivity index (χ3n) is 5.06. The third-order valence-corrected chi connectivity index (χ3v) is 5.06. The van der Waals surface area contributed by atoms with Gasteiger partial charge in [0.1, 0.15) is 0 Å². The standard InChI is InChI=1S/C24H38O5/c1-3-4-5-14-22(26)23(27)17-16-20-10-6-9-19(18-20)11-7-12-21(25)13-8-15-24(28)29-2/h7,11-12,16-18,21-23,25-27H,3-6,8-10,13-15H2,1-2H3/b12-7+,17-16+,19-11-/t21-,22+,23-/m1/s1. The van der Waals surface area contributed by atoms with Crippen LogP contribution in [0.1, 0.15) is 71.1 Å². The molecule has 0 spiro atoms. The molecule has 164 valence electrons. The molecule has 1 rings (SSSR count). The zero-order chi connectivity index (χ0) is 21.5. The normalized spacial score (nSPS) is 19.5. The Morgan fingerprint density at radius 3 is 2.66 bits per heavy atom. The van der Waals surface area contributed by atoms with Crippen LogP contribution in [0.15, 0.2) is 47.6 Å². The first-order valence-corrected chi connectivity index (χ1v) is 10.8. The number of carbonyl (C=O) groups is 1. The van der Waals surface area contributed by atoms with E-state index in [0.29, 0.717) is 25.7 Å². The van der Waals surface area contributed by atoms with Crippen molar-refractivity contribution in [2.24, 2.45) is 0 Å². The molecule has 0 aromatic rings. The van der Waals surface area contributed by atoms with Crippen LogP contribution in [-0.4, -0.2) is 46.7 Å². The molecule has 0 saturated carbocycles. The van der Waals surface area contributed by atoms with Crippen LogP contribution in [0.3, 0.4) is 0 Å². The van der Waals surface area contributed by atoms with Crippen molar-refractivity contribution in [2.45, 2.75) is 89.4 Å². The molecule has 0 bridgehead atoms. The first-order chi connectivity index (χ1) is 14.0. The second kappa shape index (κ2) is 15.2. The van der Waals surface area contributed by atoms with Crippen LogP contribution in [0.4, 0.5) is 0 Å². The minimum absolute atomic E-state index is 0.255.